The van der Waals surface area contributed by atoms with E-state index < -0.39 is 0 Å². The van der Waals surface area contributed by atoms with Crippen molar-refractivity contribution in [3.05, 3.63) is 23.0 Å². The Morgan fingerprint density at radius 2 is 1.69 bits per heavy atom. The molecule has 0 aromatic rings. The van der Waals surface area contributed by atoms with Gasteiger partial charge in [-0.2, -0.15) is 0 Å². The van der Waals surface area contributed by atoms with Gasteiger partial charge in [0.1, 0.15) is 0 Å². The fourth-order valence-electron chi connectivity index (χ4n) is 1.91. The Labute approximate surface area is 81.5 Å². The normalized spacial score (nSPS) is 17.2. The molecule has 74 valence electrons. The minimum absolute atomic E-state index is 1.17. The summed E-state index contributed by atoms with van der Waals surface area (Å²) in [5.41, 5.74) is 4.25. The van der Waals surface area contributed by atoms with Gasteiger partial charge in [-0.3, -0.25) is 0 Å². The molecule has 0 N–H and O–H groups in total. The fourth-order valence-corrected chi connectivity index (χ4v) is 1.91. The number of hydrogen-bond donors (Lipinski definition) is 0. The Hall–Kier alpha value is -0.920. The minimum Gasteiger partial charge on any atom is -0.381 e. The third kappa shape index (κ3) is 2.06. The first-order chi connectivity index (χ1) is 6.04. The summed E-state index contributed by atoms with van der Waals surface area (Å²) in [5, 5.41) is 0. The van der Waals surface area contributed by atoms with Crippen LogP contribution in [-0.2, 0) is 0 Å². The van der Waals surface area contributed by atoms with Crippen molar-refractivity contribution in [3.8, 4) is 0 Å². The van der Waals surface area contributed by atoms with Crippen LogP contribution in [0, 0.1) is 0 Å². The lowest BCUT2D eigenvalue weighted by Gasteiger charge is -2.28. The zero-order chi connectivity index (χ0) is 10.0. The Bertz CT molecular complexity index is 247. The molecular formula is C11H20N2. The highest BCUT2D eigenvalue weighted by atomic mass is 15.1. The predicted octanol–water partition coefficient (Wildman–Crippen LogP) is 2.06. The molecule has 0 spiro atoms. The molecule has 1 rings (SSSR count). The fraction of sp³-hybridized carbons (Fsp3) is 0.636. The molecule has 0 aromatic carbocycles. The maximum atomic E-state index is 2.32. The van der Waals surface area contributed by atoms with Gasteiger partial charge in [0.05, 0.1) is 0 Å². The van der Waals surface area contributed by atoms with E-state index in [-0.39, 0.29) is 0 Å². The van der Waals surface area contributed by atoms with E-state index >= 15 is 0 Å². The van der Waals surface area contributed by atoms with E-state index in [0.29, 0.717) is 0 Å². The second-order valence-electron chi connectivity index (χ2n) is 3.99. The van der Waals surface area contributed by atoms with Crippen LogP contribution in [0.4, 0.5) is 0 Å². The van der Waals surface area contributed by atoms with E-state index in [9.17, 15) is 0 Å². The summed E-state index contributed by atoms with van der Waals surface area (Å²) in [6.45, 7) is 2.21. The Kier molecular flexibility index (Phi) is 3.02. The molecule has 13 heavy (non-hydrogen) atoms. The molecule has 0 atom stereocenters. The largest absolute Gasteiger partial charge is 0.381 e. The molecule has 2 heteroatoms. The molecule has 0 unspecified atom stereocenters. The molecule has 0 heterocycles. The lowest BCUT2D eigenvalue weighted by molar-refractivity contribution is 0.454. The maximum absolute atomic E-state index is 2.32. The third-order valence-corrected chi connectivity index (χ3v) is 2.56. The summed E-state index contributed by atoms with van der Waals surface area (Å²) in [7, 11) is 8.46. The number of hydrogen-bond acceptors (Lipinski definition) is 2. The topological polar surface area (TPSA) is 6.48 Å². The lowest BCUT2D eigenvalue weighted by Crippen LogP contribution is -2.21. The third-order valence-electron chi connectivity index (χ3n) is 2.56. The highest BCUT2D eigenvalue weighted by Crippen LogP contribution is 2.26. The maximum Gasteiger partial charge on any atom is 0.0367 e. The summed E-state index contributed by atoms with van der Waals surface area (Å²) in [6, 6.07) is 0. The molecule has 0 bridgehead atoms. The predicted molar refractivity (Wildman–Crippen MR) is 57.4 cm³/mol. The molecule has 0 saturated carbocycles. The Morgan fingerprint density at radius 3 is 2.15 bits per heavy atom. The van der Waals surface area contributed by atoms with Gasteiger partial charge in [0.25, 0.3) is 0 Å². The molecular weight excluding hydrogens is 160 g/mol. The number of rotatable bonds is 2. The lowest BCUT2D eigenvalue weighted by atomic mass is 10.00. The van der Waals surface area contributed by atoms with Crippen LogP contribution in [0.1, 0.15) is 19.8 Å². The molecule has 0 radical (unpaired) electrons. The summed E-state index contributed by atoms with van der Waals surface area (Å²) < 4.78 is 0. The van der Waals surface area contributed by atoms with Crippen molar-refractivity contribution in [1.29, 1.82) is 0 Å². The van der Waals surface area contributed by atoms with Crippen molar-refractivity contribution in [1.82, 2.24) is 9.80 Å². The van der Waals surface area contributed by atoms with Crippen LogP contribution in [0.3, 0.4) is 0 Å². The first kappa shape index (κ1) is 10.2. The molecule has 2 nitrogen and oxygen atoms in total. The van der Waals surface area contributed by atoms with Crippen LogP contribution in [-0.4, -0.2) is 38.0 Å². The molecule has 0 aliphatic heterocycles. The van der Waals surface area contributed by atoms with Gasteiger partial charge < -0.3 is 9.80 Å². The van der Waals surface area contributed by atoms with Gasteiger partial charge in [-0.15, -0.1) is 0 Å². The van der Waals surface area contributed by atoms with E-state index in [1.807, 2.05) is 0 Å². The van der Waals surface area contributed by atoms with E-state index in [2.05, 4.69) is 51.0 Å². The SMILES string of the molecule is CC1=C(N(C)C)CCC=C1N(C)C. The average molecular weight is 180 g/mol. The summed E-state index contributed by atoms with van der Waals surface area (Å²) in [5.74, 6) is 0. The van der Waals surface area contributed by atoms with E-state index in [1.165, 1.54) is 29.8 Å². The molecule has 0 fully saturated rings. The van der Waals surface area contributed by atoms with Crippen LogP contribution >= 0.6 is 0 Å². The first-order valence-corrected chi connectivity index (χ1v) is 4.79. The molecule has 0 amide bonds. The smallest absolute Gasteiger partial charge is 0.0367 e. The van der Waals surface area contributed by atoms with E-state index in [1.54, 1.807) is 0 Å². The second-order valence-corrected chi connectivity index (χ2v) is 3.99. The summed E-state index contributed by atoms with van der Waals surface area (Å²) in [6.07, 6.45) is 4.66. The van der Waals surface area contributed by atoms with Gasteiger partial charge in [0.15, 0.2) is 0 Å². The van der Waals surface area contributed by atoms with Crippen LogP contribution in [0.2, 0.25) is 0 Å². The molecule has 1 aliphatic rings. The highest BCUT2D eigenvalue weighted by molar-refractivity contribution is 5.34. The molecule has 1 aliphatic carbocycles. The summed E-state index contributed by atoms with van der Waals surface area (Å²) in [4.78, 5) is 4.42. The van der Waals surface area contributed by atoms with Gasteiger partial charge in [0, 0.05) is 39.6 Å². The van der Waals surface area contributed by atoms with Crippen molar-refractivity contribution >= 4 is 0 Å². The van der Waals surface area contributed by atoms with Gasteiger partial charge in [-0.05, 0) is 25.3 Å². The number of allylic oxidation sites excluding steroid dienone is 3. The van der Waals surface area contributed by atoms with E-state index in [0.717, 1.165) is 0 Å². The zero-order valence-corrected chi connectivity index (χ0v) is 9.39. The number of nitrogens with zero attached hydrogens (tertiary/aromatic N) is 2. The Balaban J connectivity index is 2.96. The monoisotopic (exact) mass is 180 g/mol. The van der Waals surface area contributed by atoms with Crippen molar-refractivity contribution in [3.63, 3.8) is 0 Å². The van der Waals surface area contributed by atoms with Gasteiger partial charge in [-0.25, -0.2) is 0 Å². The van der Waals surface area contributed by atoms with Crippen LogP contribution in [0.15, 0.2) is 23.0 Å². The molecule has 0 aromatic heterocycles. The van der Waals surface area contributed by atoms with Crippen molar-refractivity contribution in [2.45, 2.75) is 19.8 Å². The quantitative estimate of drug-likeness (QED) is 0.642. The van der Waals surface area contributed by atoms with Crippen LogP contribution in [0.25, 0.3) is 0 Å². The molecule has 0 saturated heterocycles. The minimum atomic E-state index is 1.17. The van der Waals surface area contributed by atoms with Crippen molar-refractivity contribution in [2.24, 2.45) is 0 Å². The second kappa shape index (κ2) is 3.86. The van der Waals surface area contributed by atoms with Crippen LogP contribution in [0.5, 0.6) is 0 Å². The van der Waals surface area contributed by atoms with Crippen LogP contribution < -0.4 is 0 Å². The van der Waals surface area contributed by atoms with Gasteiger partial charge >= 0.3 is 0 Å². The van der Waals surface area contributed by atoms with Crippen molar-refractivity contribution in [2.75, 3.05) is 28.2 Å². The van der Waals surface area contributed by atoms with E-state index in [4.69, 9.17) is 0 Å². The standard InChI is InChI=1S/C11H20N2/c1-9-10(12(2)3)7-6-8-11(9)13(4)5/h7H,6,8H2,1-5H3. The van der Waals surface area contributed by atoms with Crippen molar-refractivity contribution < 1.29 is 0 Å². The van der Waals surface area contributed by atoms with Gasteiger partial charge in [-0.1, -0.05) is 6.08 Å². The summed E-state index contributed by atoms with van der Waals surface area (Å²) >= 11 is 0. The average Bonchev–Trinajstić information content (AvgIpc) is 2.03. The number of likely N-dealkylation sites (N-methyl/N-ethyl adjacent to an activating group) is 1. The zero-order valence-electron chi connectivity index (χ0n) is 9.39. The highest BCUT2D eigenvalue weighted by Gasteiger charge is 2.14. The first-order valence-electron chi connectivity index (χ1n) is 4.79. The van der Waals surface area contributed by atoms with Gasteiger partial charge in [0.2, 0.25) is 0 Å². The Morgan fingerprint density at radius 1 is 1.08 bits per heavy atom.